The Labute approximate surface area is 121 Å². The van der Waals surface area contributed by atoms with Crippen LogP contribution in [0.5, 0.6) is 0 Å². The van der Waals surface area contributed by atoms with Crippen LogP contribution in [0.3, 0.4) is 0 Å². The van der Waals surface area contributed by atoms with Gasteiger partial charge in [-0.15, -0.1) is 10.2 Å². The molecule has 0 amide bonds. The predicted molar refractivity (Wildman–Crippen MR) is 77.9 cm³/mol. The van der Waals surface area contributed by atoms with Crippen molar-refractivity contribution >= 4 is 34.2 Å². The minimum atomic E-state index is -0.826. The van der Waals surface area contributed by atoms with Crippen LogP contribution in [0.1, 0.15) is 39.0 Å². The van der Waals surface area contributed by atoms with E-state index in [9.17, 15) is 4.79 Å². The normalized spacial score (nSPS) is 23.8. The van der Waals surface area contributed by atoms with E-state index in [1.807, 2.05) is 0 Å². The Bertz CT molecular complexity index is 425. The minimum Gasteiger partial charge on any atom is -0.481 e. The molecule has 2 N–H and O–H groups in total. The van der Waals surface area contributed by atoms with Crippen molar-refractivity contribution in [2.75, 3.05) is 11.1 Å². The average Bonchev–Trinajstić information content (AvgIpc) is 2.71. The molecule has 0 aliphatic heterocycles. The van der Waals surface area contributed by atoms with Crippen LogP contribution < -0.4 is 5.32 Å². The number of carboxylic acids is 1. The van der Waals surface area contributed by atoms with Gasteiger partial charge in [0, 0.05) is 6.04 Å². The van der Waals surface area contributed by atoms with Gasteiger partial charge in [0.15, 0.2) is 4.34 Å². The van der Waals surface area contributed by atoms with Crippen LogP contribution >= 0.6 is 23.1 Å². The number of carbonyl (C=O) groups is 1. The molecule has 1 saturated carbocycles. The molecule has 0 radical (unpaired) electrons. The standard InChI is InChI=1S/C12H19N3O2S2/c1-8-3-2-4-9(6-5-8)13-11-14-15-12(19-11)18-7-10(16)17/h8-9H,2-7H2,1H3,(H,13,14)(H,16,17). The molecule has 0 saturated heterocycles. The third-order valence-electron chi connectivity index (χ3n) is 3.31. The van der Waals surface area contributed by atoms with E-state index in [2.05, 4.69) is 22.4 Å². The molecular weight excluding hydrogens is 282 g/mol. The molecule has 1 aliphatic carbocycles. The van der Waals surface area contributed by atoms with E-state index in [4.69, 9.17) is 5.11 Å². The van der Waals surface area contributed by atoms with Crippen molar-refractivity contribution in [1.29, 1.82) is 0 Å². The molecule has 1 heterocycles. The molecule has 19 heavy (non-hydrogen) atoms. The molecule has 1 fully saturated rings. The highest BCUT2D eigenvalue weighted by Gasteiger charge is 2.17. The summed E-state index contributed by atoms with van der Waals surface area (Å²) in [7, 11) is 0. The van der Waals surface area contributed by atoms with Crippen molar-refractivity contribution in [3.8, 4) is 0 Å². The Hall–Kier alpha value is -0.820. The van der Waals surface area contributed by atoms with Crippen molar-refractivity contribution in [3.63, 3.8) is 0 Å². The van der Waals surface area contributed by atoms with Crippen LogP contribution in [-0.2, 0) is 4.79 Å². The second-order valence-corrected chi connectivity index (χ2v) is 7.21. The first-order valence-corrected chi connectivity index (χ1v) is 8.38. The summed E-state index contributed by atoms with van der Waals surface area (Å²) in [6.07, 6.45) is 6.20. The Morgan fingerprint density at radius 3 is 3.05 bits per heavy atom. The molecule has 0 spiro atoms. The summed E-state index contributed by atoms with van der Waals surface area (Å²) in [5.41, 5.74) is 0. The van der Waals surface area contributed by atoms with Gasteiger partial charge >= 0.3 is 5.97 Å². The van der Waals surface area contributed by atoms with Crippen molar-refractivity contribution in [3.05, 3.63) is 0 Å². The molecule has 1 aromatic rings. The number of aliphatic carboxylic acids is 1. The number of nitrogens with zero attached hydrogens (tertiary/aromatic N) is 2. The summed E-state index contributed by atoms with van der Waals surface area (Å²) in [4.78, 5) is 10.5. The third-order valence-corrected chi connectivity index (χ3v) is 5.28. The fourth-order valence-corrected chi connectivity index (χ4v) is 3.81. The molecule has 1 aliphatic rings. The maximum atomic E-state index is 10.5. The zero-order chi connectivity index (χ0) is 13.7. The van der Waals surface area contributed by atoms with Gasteiger partial charge in [-0.3, -0.25) is 4.79 Å². The zero-order valence-corrected chi connectivity index (χ0v) is 12.6. The van der Waals surface area contributed by atoms with Gasteiger partial charge in [-0.2, -0.15) is 0 Å². The minimum absolute atomic E-state index is 0.0373. The van der Waals surface area contributed by atoms with E-state index < -0.39 is 5.97 Å². The molecule has 2 atom stereocenters. The summed E-state index contributed by atoms with van der Waals surface area (Å²) in [5, 5.41) is 20.9. The lowest BCUT2D eigenvalue weighted by molar-refractivity contribution is -0.133. The fraction of sp³-hybridized carbons (Fsp3) is 0.750. The van der Waals surface area contributed by atoms with Gasteiger partial charge in [0.25, 0.3) is 0 Å². The topological polar surface area (TPSA) is 75.1 Å². The second kappa shape index (κ2) is 7.09. The maximum Gasteiger partial charge on any atom is 0.313 e. The lowest BCUT2D eigenvalue weighted by atomic mass is 10.0. The molecule has 7 heteroatoms. The largest absolute Gasteiger partial charge is 0.481 e. The Morgan fingerprint density at radius 1 is 1.42 bits per heavy atom. The van der Waals surface area contributed by atoms with E-state index in [1.54, 1.807) is 0 Å². The lowest BCUT2D eigenvalue weighted by Gasteiger charge is -2.14. The highest BCUT2D eigenvalue weighted by Crippen LogP contribution is 2.29. The van der Waals surface area contributed by atoms with Gasteiger partial charge in [-0.1, -0.05) is 42.9 Å². The molecule has 5 nitrogen and oxygen atoms in total. The van der Waals surface area contributed by atoms with Gasteiger partial charge < -0.3 is 10.4 Å². The Morgan fingerprint density at radius 2 is 2.26 bits per heavy atom. The van der Waals surface area contributed by atoms with Crippen LogP contribution in [0.25, 0.3) is 0 Å². The van der Waals surface area contributed by atoms with E-state index in [0.29, 0.717) is 10.4 Å². The number of hydrogen-bond donors (Lipinski definition) is 2. The average molecular weight is 301 g/mol. The maximum absolute atomic E-state index is 10.5. The smallest absolute Gasteiger partial charge is 0.313 e. The van der Waals surface area contributed by atoms with Gasteiger partial charge in [-0.25, -0.2) is 0 Å². The molecular formula is C12H19N3O2S2. The molecule has 2 unspecified atom stereocenters. The van der Waals surface area contributed by atoms with E-state index >= 15 is 0 Å². The van der Waals surface area contributed by atoms with Crippen LogP contribution in [-0.4, -0.2) is 33.1 Å². The quantitative estimate of drug-likeness (QED) is 0.643. The van der Waals surface area contributed by atoms with Gasteiger partial charge in [0.2, 0.25) is 5.13 Å². The van der Waals surface area contributed by atoms with Crippen LogP contribution in [0.15, 0.2) is 4.34 Å². The SMILES string of the molecule is CC1CCCC(Nc2nnc(SCC(=O)O)s2)CC1. The number of rotatable bonds is 5. The summed E-state index contributed by atoms with van der Waals surface area (Å²) < 4.78 is 0.715. The van der Waals surface area contributed by atoms with Crippen molar-refractivity contribution < 1.29 is 9.90 Å². The van der Waals surface area contributed by atoms with Crippen molar-refractivity contribution in [2.45, 2.75) is 49.4 Å². The number of hydrogen-bond acceptors (Lipinski definition) is 6. The number of thioether (sulfide) groups is 1. The predicted octanol–water partition coefficient (Wildman–Crippen LogP) is 3.10. The van der Waals surface area contributed by atoms with Gasteiger partial charge in [0.1, 0.15) is 0 Å². The molecule has 0 bridgehead atoms. The summed E-state index contributed by atoms with van der Waals surface area (Å²) in [6.45, 7) is 2.31. The summed E-state index contributed by atoms with van der Waals surface area (Å²) in [6, 6.07) is 0.482. The second-order valence-electron chi connectivity index (χ2n) is 5.01. The molecule has 2 rings (SSSR count). The molecule has 0 aromatic carbocycles. The van der Waals surface area contributed by atoms with Crippen LogP contribution in [0.4, 0.5) is 5.13 Å². The fourth-order valence-electron chi connectivity index (χ4n) is 2.26. The first kappa shape index (κ1) is 14.6. The van der Waals surface area contributed by atoms with Gasteiger partial charge in [-0.05, 0) is 25.2 Å². The first-order valence-electron chi connectivity index (χ1n) is 6.58. The van der Waals surface area contributed by atoms with Crippen LogP contribution in [0, 0.1) is 5.92 Å². The monoisotopic (exact) mass is 301 g/mol. The lowest BCUT2D eigenvalue weighted by Crippen LogP contribution is -2.18. The number of anilines is 1. The van der Waals surface area contributed by atoms with E-state index in [-0.39, 0.29) is 5.75 Å². The number of nitrogens with one attached hydrogen (secondary N) is 1. The first-order chi connectivity index (χ1) is 9.13. The van der Waals surface area contributed by atoms with Crippen LogP contribution in [0.2, 0.25) is 0 Å². The van der Waals surface area contributed by atoms with E-state index in [0.717, 1.165) is 11.0 Å². The zero-order valence-electron chi connectivity index (χ0n) is 11.0. The molecule has 1 aromatic heterocycles. The van der Waals surface area contributed by atoms with Crippen molar-refractivity contribution in [2.24, 2.45) is 5.92 Å². The number of carboxylic acid groups (broad SMARTS) is 1. The van der Waals surface area contributed by atoms with Gasteiger partial charge in [0.05, 0.1) is 5.75 Å². The number of aromatic nitrogens is 2. The summed E-state index contributed by atoms with van der Waals surface area (Å²) >= 11 is 2.66. The Balaban J connectivity index is 1.83. The molecule has 106 valence electrons. The highest BCUT2D eigenvalue weighted by atomic mass is 32.2. The third kappa shape index (κ3) is 4.99. The highest BCUT2D eigenvalue weighted by molar-refractivity contribution is 8.01. The summed E-state index contributed by atoms with van der Waals surface area (Å²) in [5.74, 6) is 0.0330. The van der Waals surface area contributed by atoms with Crippen molar-refractivity contribution in [1.82, 2.24) is 10.2 Å². The Kier molecular flexibility index (Phi) is 5.45. The van der Waals surface area contributed by atoms with E-state index in [1.165, 1.54) is 55.2 Å².